The van der Waals surface area contributed by atoms with Crippen molar-refractivity contribution in [1.29, 1.82) is 0 Å². The first-order valence-electron chi connectivity index (χ1n) is 10.7. The van der Waals surface area contributed by atoms with Crippen LogP contribution in [0.4, 0.5) is 4.39 Å². The lowest BCUT2D eigenvalue weighted by Gasteiger charge is -2.16. The summed E-state index contributed by atoms with van der Waals surface area (Å²) in [5.41, 5.74) is 4.79. The number of rotatable bonds is 5. The van der Waals surface area contributed by atoms with Gasteiger partial charge in [-0.3, -0.25) is 9.88 Å². The van der Waals surface area contributed by atoms with Crippen molar-refractivity contribution in [3.8, 4) is 22.5 Å². The molecule has 2 aromatic heterocycles. The maximum atomic E-state index is 13.5. The molecule has 1 aliphatic rings. The van der Waals surface area contributed by atoms with Crippen LogP contribution >= 0.6 is 0 Å². The number of pyridine rings is 1. The highest BCUT2D eigenvalue weighted by Gasteiger charge is 2.27. The average Bonchev–Trinajstić information content (AvgIpc) is 3.41. The molecule has 0 aliphatic carbocycles. The molecule has 0 spiro atoms. The minimum absolute atomic E-state index is 0.254. The monoisotopic (exact) mass is 412 g/mol. The summed E-state index contributed by atoms with van der Waals surface area (Å²) in [5.74, 6) is 1.30. The molecule has 5 heteroatoms. The van der Waals surface area contributed by atoms with Gasteiger partial charge in [-0.1, -0.05) is 42.5 Å². The highest BCUT2D eigenvalue weighted by atomic mass is 19.1. The summed E-state index contributed by atoms with van der Waals surface area (Å²) in [5, 5.41) is 0. The fourth-order valence-corrected chi connectivity index (χ4v) is 4.39. The molecule has 4 aromatic rings. The lowest BCUT2D eigenvalue weighted by Crippen LogP contribution is -2.20. The minimum atomic E-state index is -0.254. The molecule has 5 rings (SSSR count). The second kappa shape index (κ2) is 8.44. The molecule has 0 amide bonds. The van der Waals surface area contributed by atoms with Gasteiger partial charge in [0.05, 0.1) is 11.4 Å². The van der Waals surface area contributed by atoms with Gasteiger partial charge in [0.15, 0.2) is 0 Å². The van der Waals surface area contributed by atoms with Crippen molar-refractivity contribution in [2.45, 2.75) is 18.9 Å². The summed E-state index contributed by atoms with van der Waals surface area (Å²) in [6, 6.07) is 21.1. The third-order valence-electron chi connectivity index (χ3n) is 5.98. The summed E-state index contributed by atoms with van der Waals surface area (Å²) < 4.78 is 15.6. The summed E-state index contributed by atoms with van der Waals surface area (Å²) in [7, 11) is 2.07. The van der Waals surface area contributed by atoms with E-state index in [9.17, 15) is 4.39 Å². The lowest BCUT2D eigenvalue weighted by atomic mass is 10.1. The molecular formula is C26H25FN4. The van der Waals surface area contributed by atoms with Crippen LogP contribution < -0.4 is 0 Å². The van der Waals surface area contributed by atoms with Crippen LogP contribution in [0.5, 0.6) is 0 Å². The second-order valence-corrected chi connectivity index (χ2v) is 8.24. The van der Waals surface area contributed by atoms with Crippen LogP contribution in [-0.2, 0) is 13.6 Å². The Kier molecular flexibility index (Phi) is 5.35. The Balaban J connectivity index is 1.31. The number of aromatic nitrogens is 3. The smallest absolute Gasteiger partial charge is 0.123 e. The first-order chi connectivity index (χ1) is 15.2. The molecular weight excluding hydrogens is 387 g/mol. The Hall–Kier alpha value is -3.31. The minimum Gasteiger partial charge on any atom is -0.337 e. The van der Waals surface area contributed by atoms with E-state index in [4.69, 9.17) is 4.98 Å². The number of nitrogens with zero attached hydrogens (tertiary/aromatic N) is 4. The van der Waals surface area contributed by atoms with Gasteiger partial charge in [-0.15, -0.1) is 0 Å². The summed E-state index contributed by atoms with van der Waals surface area (Å²) in [4.78, 5) is 12.0. The highest BCUT2D eigenvalue weighted by Crippen LogP contribution is 2.30. The molecule has 4 nitrogen and oxygen atoms in total. The molecule has 3 heterocycles. The first kappa shape index (κ1) is 19.6. The number of likely N-dealkylation sites (tertiary alicyclic amines) is 1. The molecule has 1 fully saturated rings. The van der Waals surface area contributed by atoms with Crippen LogP contribution in [0.1, 0.15) is 23.7 Å². The largest absolute Gasteiger partial charge is 0.337 e. The van der Waals surface area contributed by atoms with Gasteiger partial charge in [-0.05, 0) is 42.8 Å². The number of hydrogen-bond acceptors (Lipinski definition) is 3. The fraction of sp³-hybridized carbons (Fsp3) is 0.231. The van der Waals surface area contributed by atoms with Crippen LogP contribution in [0.15, 0.2) is 79.1 Å². The van der Waals surface area contributed by atoms with E-state index < -0.39 is 0 Å². The fourth-order valence-electron chi connectivity index (χ4n) is 4.39. The molecule has 0 saturated carbocycles. The van der Waals surface area contributed by atoms with Crippen molar-refractivity contribution in [2.24, 2.45) is 7.05 Å². The van der Waals surface area contributed by atoms with Gasteiger partial charge in [0.2, 0.25) is 0 Å². The zero-order valence-electron chi connectivity index (χ0n) is 17.6. The maximum Gasteiger partial charge on any atom is 0.123 e. The van der Waals surface area contributed by atoms with Gasteiger partial charge in [0.25, 0.3) is 0 Å². The van der Waals surface area contributed by atoms with E-state index >= 15 is 0 Å². The number of aryl methyl sites for hydroxylation is 1. The molecule has 1 atom stereocenters. The number of imidazole rings is 1. The summed E-state index contributed by atoms with van der Waals surface area (Å²) >= 11 is 0. The van der Waals surface area contributed by atoms with Gasteiger partial charge < -0.3 is 4.57 Å². The van der Waals surface area contributed by atoms with Gasteiger partial charge in [0, 0.05) is 49.6 Å². The van der Waals surface area contributed by atoms with Gasteiger partial charge in [-0.25, -0.2) is 9.37 Å². The molecule has 1 saturated heterocycles. The highest BCUT2D eigenvalue weighted by molar-refractivity contribution is 5.64. The quantitative estimate of drug-likeness (QED) is 0.447. The standard InChI is InChI=1S/C26H25FN4/c1-30-18-25(21-10-11-24(28-15-21)20-8-5-9-23(27)14-20)29-26(30)22-12-13-31(17-22)16-19-6-3-2-4-7-19/h2-11,14-15,18,22H,12-13,16-17H2,1H3/t22-/m0/s1. The van der Waals surface area contributed by atoms with Gasteiger partial charge >= 0.3 is 0 Å². The average molecular weight is 413 g/mol. The Morgan fingerprint density at radius 2 is 1.84 bits per heavy atom. The van der Waals surface area contributed by atoms with Crippen molar-refractivity contribution in [3.63, 3.8) is 0 Å². The predicted molar refractivity (Wildman–Crippen MR) is 121 cm³/mol. The van der Waals surface area contributed by atoms with Crippen molar-refractivity contribution in [1.82, 2.24) is 19.4 Å². The van der Waals surface area contributed by atoms with E-state index in [-0.39, 0.29) is 5.82 Å². The van der Waals surface area contributed by atoms with Crippen LogP contribution in [0.2, 0.25) is 0 Å². The summed E-state index contributed by atoms with van der Waals surface area (Å²) in [6.45, 7) is 3.10. The van der Waals surface area contributed by atoms with E-state index in [1.807, 2.05) is 24.4 Å². The molecule has 1 aliphatic heterocycles. The van der Waals surface area contributed by atoms with Crippen LogP contribution in [0.3, 0.4) is 0 Å². The normalized spacial score (nSPS) is 16.6. The SMILES string of the molecule is Cn1cc(-c2ccc(-c3cccc(F)c3)nc2)nc1[C@H]1CCN(Cc2ccccc2)C1. The van der Waals surface area contributed by atoms with E-state index in [2.05, 4.69) is 58.0 Å². The van der Waals surface area contributed by atoms with Crippen molar-refractivity contribution in [3.05, 3.63) is 96.3 Å². The lowest BCUT2D eigenvalue weighted by molar-refractivity contribution is 0.325. The molecule has 31 heavy (non-hydrogen) atoms. The molecule has 2 aromatic carbocycles. The second-order valence-electron chi connectivity index (χ2n) is 8.24. The Morgan fingerprint density at radius 3 is 2.61 bits per heavy atom. The van der Waals surface area contributed by atoms with Gasteiger partial charge in [0.1, 0.15) is 11.6 Å². The molecule has 0 bridgehead atoms. The van der Waals surface area contributed by atoms with E-state index in [0.717, 1.165) is 54.4 Å². The maximum absolute atomic E-state index is 13.5. The van der Waals surface area contributed by atoms with Gasteiger partial charge in [-0.2, -0.15) is 0 Å². The zero-order valence-corrected chi connectivity index (χ0v) is 17.6. The summed E-state index contributed by atoms with van der Waals surface area (Å²) in [6.07, 6.45) is 5.02. The van der Waals surface area contributed by atoms with E-state index in [1.54, 1.807) is 6.07 Å². The molecule has 0 radical (unpaired) electrons. The Bertz CT molecular complexity index is 1170. The van der Waals surface area contributed by atoms with E-state index in [0.29, 0.717) is 5.92 Å². The van der Waals surface area contributed by atoms with Crippen molar-refractivity contribution < 1.29 is 4.39 Å². The van der Waals surface area contributed by atoms with Crippen LogP contribution in [0.25, 0.3) is 22.5 Å². The third kappa shape index (κ3) is 4.28. The Morgan fingerprint density at radius 1 is 0.968 bits per heavy atom. The first-order valence-corrected chi connectivity index (χ1v) is 10.7. The van der Waals surface area contributed by atoms with Crippen molar-refractivity contribution >= 4 is 0 Å². The number of benzene rings is 2. The zero-order chi connectivity index (χ0) is 21.2. The molecule has 0 unspecified atom stereocenters. The molecule has 0 N–H and O–H groups in total. The Labute approximate surface area is 182 Å². The van der Waals surface area contributed by atoms with Crippen LogP contribution in [-0.4, -0.2) is 32.5 Å². The molecule has 156 valence electrons. The predicted octanol–water partition coefficient (Wildman–Crippen LogP) is 5.28. The number of halogens is 1. The van der Waals surface area contributed by atoms with Crippen molar-refractivity contribution in [2.75, 3.05) is 13.1 Å². The van der Waals surface area contributed by atoms with E-state index in [1.165, 1.54) is 17.7 Å². The van der Waals surface area contributed by atoms with Crippen LogP contribution in [0, 0.1) is 5.82 Å². The number of hydrogen-bond donors (Lipinski definition) is 0. The topological polar surface area (TPSA) is 34.0 Å². The third-order valence-corrected chi connectivity index (χ3v) is 5.98.